The predicted molar refractivity (Wildman–Crippen MR) is 127 cm³/mol. The molecule has 0 unspecified atom stereocenters. The average molecular weight is 473 g/mol. The zero-order valence-corrected chi connectivity index (χ0v) is 19.4. The molecule has 0 aliphatic heterocycles. The lowest BCUT2D eigenvalue weighted by atomic mass is 10.2. The molecule has 0 radical (unpaired) electrons. The molecular weight excluding hydrogens is 450 g/mol. The first-order valence-electron chi connectivity index (χ1n) is 10.5. The van der Waals surface area contributed by atoms with Gasteiger partial charge in [0, 0.05) is 29.8 Å². The van der Waals surface area contributed by atoms with E-state index >= 15 is 0 Å². The smallest absolute Gasteiger partial charge is 0.224 e. The number of nitrogens with zero attached hydrogens (tertiary/aromatic N) is 6. The summed E-state index contributed by atoms with van der Waals surface area (Å²) in [5.74, 6) is 3.08. The van der Waals surface area contributed by atoms with Crippen LogP contribution in [0.4, 0.5) is 5.95 Å². The van der Waals surface area contributed by atoms with Crippen molar-refractivity contribution in [1.82, 2.24) is 29.5 Å². The van der Waals surface area contributed by atoms with Crippen molar-refractivity contribution in [1.29, 1.82) is 0 Å². The van der Waals surface area contributed by atoms with Gasteiger partial charge in [0.25, 0.3) is 0 Å². The SMILES string of the molecule is COc1cccc(C=O)n1.COc1cccc(Cc2cnn3c(-c4ccc(C)o4)nc(N)nc23)n1. The van der Waals surface area contributed by atoms with Crippen molar-refractivity contribution in [3.8, 4) is 23.3 Å². The van der Waals surface area contributed by atoms with Crippen LogP contribution in [0, 0.1) is 6.92 Å². The van der Waals surface area contributed by atoms with E-state index in [2.05, 4.69) is 25.0 Å². The molecule has 35 heavy (non-hydrogen) atoms. The maximum absolute atomic E-state index is 10.2. The van der Waals surface area contributed by atoms with E-state index < -0.39 is 0 Å². The molecule has 0 atom stereocenters. The zero-order valence-electron chi connectivity index (χ0n) is 19.4. The second kappa shape index (κ2) is 10.4. The molecule has 0 aromatic carbocycles. The standard InChI is InChI=1S/C17H16N6O2.C7H7NO2/c1-10-6-7-13(25-10)16-22-17(18)21-15-11(9-19-23(15)16)8-12-4-3-5-14(20-12)24-2;1-10-7-4-2-3-6(5-9)8-7/h3-7,9H,8H2,1-2H3,(H2,18,21);2-5H,1H3. The highest BCUT2D eigenvalue weighted by Crippen LogP contribution is 2.23. The number of anilines is 1. The second-order valence-corrected chi connectivity index (χ2v) is 7.29. The number of aromatic nitrogens is 6. The first-order valence-corrected chi connectivity index (χ1v) is 10.5. The van der Waals surface area contributed by atoms with Gasteiger partial charge in [0.2, 0.25) is 23.5 Å². The lowest BCUT2D eigenvalue weighted by Crippen LogP contribution is -2.05. The van der Waals surface area contributed by atoms with Crippen LogP contribution in [-0.4, -0.2) is 50.1 Å². The van der Waals surface area contributed by atoms with Crippen molar-refractivity contribution in [2.75, 3.05) is 20.0 Å². The van der Waals surface area contributed by atoms with Crippen LogP contribution >= 0.6 is 0 Å². The van der Waals surface area contributed by atoms with Crippen molar-refractivity contribution in [2.45, 2.75) is 13.3 Å². The molecule has 5 rings (SSSR count). The minimum Gasteiger partial charge on any atom is -0.481 e. The van der Waals surface area contributed by atoms with Gasteiger partial charge in [-0.05, 0) is 31.2 Å². The minimum atomic E-state index is 0.164. The summed E-state index contributed by atoms with van der Waals surface area (Å²) in [6.07, 6.45) is 2.97. The van der Waals surface area contributed by atoms with Crippen LogP contribution < -0.4 is 15.2 Å². The molecular formula is C24H23N7O4. The van der Waals surface area contributed by atoms with Crippen molar-refractivity contribution < 1.29 is 18.7 Å². The normalized spacial score (nSPS) is 10.5. The Bertz CT molecular complexity index is 1460. The van der Waals surface area contributed by atoms with E-state index in [1.54, 1.807) is 42.1 Å². The first-order chi connectivity index (χ1) is 17.0. The fourth-order valence-corrected chi connectivity index (χ4v) is 3.25. The number of fused-ring (bicyclic) bond motifs is 1. The van der Waals surface area contributed by atoms with Crippen LogP contribution in [0.5, 0.6) is 11.8 Å². The lowest BCUT2D eigenvalue weighted by Gasteiger charge is -2.04. The lowest BCUT2D eigenvalue weighted by molar-refractivity contribution is 0.111. The number of carbonyl (C=O) groups excluding carboxylic acids is 1. The largest absolute Gasteiger partial charge is 0.481 e. The van der Waals surface area contributed by atoms with Crippen LogP contribution in [-0.2, 0) is 6.42 Å². The van der Waals surface area contributed by atoms with Crippen LogP contribution in [0.15, 0.2) is 59.1 Å². The van der Waals surface area contributed by atoms with Crippen molar-refractivity contribution in [2.24, 2.45) is 0 Å². The van der Waals surface area contributed by atoms with Crippen molar-refractivity contribution in [3.63, 3.8) is 0 Å². The van der Waals surface area contributed by atoms with Gasteiger partial charge in [-0.2, -0.15) is 19.6 Å². The third-order valence-corrected chi connectivity index (χ3v) is 4.86. The fourth-order valence-electron chi connectivity index (χ4n) is 3.25. The van der Waals surface area contributed by atoms with Gasteiger partial charge >= 0.3 is 0 Å². The van der Waals surface area contributed by atoms with Crippen LogP contribution in [0.2, 0.25) is 0 Å². The first kappa shape index (κ1) is 23.4. The van der Waals surface area contributed by atoms with E-state index in [1.807, 2.05) is 31.2 Å². The number of pyridine rings is 2. The minimum absolute atomic E-state index is 0.164. The third kappa shape index (κ3) is 5.41. The van der Waals surface area contributed by atoms with Gasteiger partial charge in [0.1, 0.15) is 11.5 Å². The highest BCUT2D eigenvalue weighted by Gasteiger charge is 2.16. The molecule has 5 aromatic heterocycles. The number of nitrogens with two attached hydrogens (primary N) is 1. The van der Waals surface area contributed by atoms with Gasteiger partial charge in [-0.25, -0.2) is 9.97 Å². The Morgan fingerprint density at radius 1 is 0.971 bits per heavy atom. The number of methoxy groups -OCH3 is 2. The Morgan fingerprint density at radius 3 is 2.40 bits per heavy atom. The second-order valence-electron chi connectivity index (χ2n) is 7.29. The third-order valence-electron chi connectivity index (χ3n) is 4.86. The zero-order chi connectivity index (χ0) is 24.8. The Morgan fingerprint density at radius 2 is 1.71 bits per heavy atom. The molecule has 0 aliphatic carbocycles. The average Bonchev–Trinajstić information content (AvgIpc) is 3.50. The number of aryl methyl sites for hydroxylation is 1. The molecule has 0 amide bonds. The monoisotopic (exact) mass is 473 g/mol. The van der Waals surface area contributed by atoms with Gasteiger partial charge in [-0.15, -0.1) is 0 Å². The predicted octanol–water partition coefficient (Wildman–Crippen LogP) is 3.17. The molecule has 11 heteroatoms. The quantitative estimate of drug-likeness (QED) is 0.365. The van der Waals surface area contributed by atoms with Gasteiger partial charge in [-0.3, -0.25) is 4.79 Å². The summed E-state index contributed by atoms with van der Waals surface area (Å²) in [5.41, 5.74) is 8.65. The number of carbonyl (C=O) groups is 1. The molecule has 2 N–H and O–H groups in total. The van der Waals surface area contributed by atoms with E-state index in [-0.39, 0.29) is 5.95 Å². The summed E-state index contributed by atoms with van der Waals surface area (Å²) in [6, 6.07) is 14.3. The number of rotatable bonds is 6. The molecule has 0 bridgehead atoms. The number of hydrogen-bond acceptors (Lipinski definition) is 10. The molecule has 0 saturated carbocycles. The number of hydrogen-bond donors (Lipinski definition) is 1. The summed E-state index contributed by atoms with van der Waals surface area (Å²) in [6.45, 7) is 1.87. The van der Waals surface area contributed by atoms with Crippen molar-refractivity contribution >= 4 is 17.9 Å². The van der Waals surface area contributed by atoms with Gasteiger partial charge < -0.3 is 19.6 Å². The molecule has 0 spiro atoms. The summed E-state index contributed by atoms with van der Waals surface area (Å²) in [7, 11) is 3.10. The molecule has 178 valence electrons. The summed E-state index contributed by atoms with van der Waals surface area (Å²) in [4.78, 5) is 27.0. The Hall–Kier alpha value is -4.80. The van der Waals surface area contributed by atoms with Gasteiger partial charge in [0.05, 0.1) is 20.4 Å². The highest BCUT2D eigenvalue weighted by atomic mass is 16.5. The van der Waals surface area contributed by atoms with E-state index in [4.69, 9.17) is 19.6 Å². The maximum atomic E-state index is 10.2. The Kier molecular flexibility index (Phi) is 6.96. The maximum Gasteiger partial charge on any atom is 0.224 e. The molecule has 11 nitrogen and oxygen atoms in total. The summed E-state index contributed by atoms with van der Waals surface area (Å²) in [5, 5.41) is 4.40. The number of nitrogen functional groups attached to an aromatic ring is 1. The van der Waals surface area contributed by atoms with Gasteiger partial charge in [0.15, 0.2) is 17.7 Å². The highest BCUT2D eigenvalue weighted by molar-refractivity contribution is 5.71. The molecule has 0 aliphatic rings. The van der Waals surface area contributed by atoms with E-state index in [0.717, 1.165) is 17.0 Å². The van der Waals surface area contributed by atoms with Crippen LogP contribution in [0.25, 0.3) is 17.2 Å². The topological polar surface area (TPSA) is 144 Å². The molecule has 0 fully saturated rings. The summed E-state index contributed by atoms with van der Waals surface area (Å²) < 4.78 is 17.2. The number of ether oxygens (including phenoxy) is 2. The van der Waals surface area contributed by atoms with Gasteiger partial charge in [-0.1, -0.05) is 12.1 Å². The van der Waals surface area contributed by atoms with E-state index in [9.17, 15) is 4.79 Å². The Labute approximate surface area is 200 Å². The summed E-state index contributed by atoms with van der Waals surface area (Å²) >= 11 is 0. The van der Waals surface area contributed by atoms with Crippen molar-refractivity contribution in [3.05, 3.63) is 77.4 Å². The fraction of sp³-hybridized carbons (Fsp3) is 0.167. The number of aldehydes is 1. The van der Waals surface area contributed by atoms with E-state index in [0.29, 0.717) is 47.4 Å². The van der Waals surface area contributed by atoms with Crippen LogP contribution in [0.1, 0.15) is 27.5 Å². The molecule has 5 aromatic rings. The Balaban J connectivity index is 0.000000243. The van der Waals surface area contributed by atoms with Crippen LogP contribution in [0.3, 0.4) is 0 Å². The van der Waals surface area contributed by atoms with E-state index in [1.165, 1.54) is 7.11 Å². The number of furan rings is 1. The molecule has 0 saturated heterocycles. The molecule has 5 heterocycles.